The van der Waals surface area contributed by atoms with Crippen LogP contribution in [0.3, 0.4) is 0 Å². The third-order valence-electron chi connectivity index (χ3n) is 2.83. The zero-order valence-corrected chi connectivity index (χ0v) is 11.3. The molecule has 0 amide bonds. The van der Waals surface area contributed by atoms with E-state index in [0.717, 1.165) is 37.1 Å². The van der Waals surface area contributed by atoms with Gasteiger partial charge in [-0.15, -0.1) is 11.3 Å². The minimum Gasteiger partial charge on any atom is -0.399 e. The smallest absolute Gasteiger partial charge is 0.124 e. The maximum absolute atomic E-state index is 6.14. The number of fused-ring (bicyclic) bond motifs is 1. The minimum absolute atomic E-state index is 0.764. The molecule has 4 heteroatoms. The van der Waals surface area contributed by atoms with Crippen LogP contribution in [0.1, 0.15) is 5.56 Å². The molecule has 0 radical (unpaired) electrons. The first-order valence-corrected chi connectivity index (χ1v) is 6.75. The molecule has 2 aromatic carbocycles. The van der Waals surface area contributed by atoms with Gasteiger partial charge in [0.1, 0.15) is 5.01 Å². The van der Waals surface area contributed by atoms with E-state index in [1.807, 2.05) is 43.3 Å². The second-order valence-corrected chi connectivity index (χ2v) is 5.65. The molecule has 0 aliphatic carbocycles. The number of benzene rings is 2. The van der Waals surface area contributed by atoms with Gasteiger partial charge in [0.2, 0.25) is 0 Å². The lowest BCUT2D eigenvalue weighted by Crippen LogP contribution is -1.81. The first-order valence-electron chi connectivity index (χ1n) is 5.56. The monoisotopic (exact) mass is 274 g/mol. The number of hydrogen-bond acceptors (Lipinski definition) is 3. The van der Waals surface area contributed by atoms with Crippen LogP contribution in [-0.2, 0) is 0 Å². The summed E-state index contributed by atoms with van der Waals surface area (Å²) >= 11 is 7.77. The maximum atomic E-state index is 6.14. The molecule has 0 bridgehead atoms. The number of nitrogens with two attached hydrogens (primary N) is 1. The molecule has 2 nitrogen and oxygen atoms in total. The summed E-state index contributed by atoms with van der Waals surface area (Å²) in [5.74, 6) is 0. The fourth-order valence-corrected chi connectivity index (χ4v) is 2.98. The highest BCUT2D eigenvalue weighted by atomic mass is 35.5. The molecule has 0 aliphatic heterocycles. The van der Waals surface area contributed by atoms with E-state index in [2.05, 4.69) is 4.98 Å². The molecule has 90 valence electrons. The van der Waals surface area contributed by atoms with Crippen molar-refractivity contribution in [3.63, 3.8) is 0 Å². The molecule has 18 heavy (non-hydrogen) atoms. The number of anilines is 1. The Bertz CT molecular complexity index is 734. The van der Waals surface area contributed by atoms with Crippen molar-refractivity contribution in [2.75, 3.05) is 5.73 Å². The van der Waals surface area contributed by atoms with Gasteiger partial charge in [0, 0.05) is 16.3 Å². The van der Waals surface area contributed by atoms with Gasteiger partial charge in [0.25, 0.3) is 0 Å². The van der Waals surface area contributed by atoms with Gasteiger partial charge in [-0.1, -0.05) is 23.7 Å². The maximum Gasteiger partial charge on any atom is 0.124 e. The fraction of sp³-hybridized carbons (Fsp3) is 0.0714. The molecule has 0 aliphatic rings. The molecule has 0 spiro atoms. The molecule has 0 saturated carbocycles. The average molecular weight is 275 g/mol. The summed E-state index contributed by atoms with van der Waals surface area (Å²) in [6, 6.07) is 11.8. The lowest BCUT2D eigenvalue weighted by molar-refractivity contribution is 1.44. The molecular formula is C14H11ClN2S. The van der Waals surface area contributed by atoms with Gasteiger partial charge in [-0.3, -0.25) is 0 Å². The van der Waals surface area contributed by atoms with Gasteiger partial charge >= 0.3 is 0 Å². The summed E-state index contributed by atoms with van der Waals surface area (Å²) in [5, 5.41) is 1.74. The van der Waals surface area contributed by atoms with Crippen LogP contribution in [-0.4, -0.2) is 4.98 Å². The van der Waals surface area contributed by atoms with Crippen LogP contribution in [0, 0.1) is 6.92 Å². The zero-order valence-electron chi connectivity index (χ0n) is 9.77. The normalized spacial score (nSPS) is 11.0. The van der Waals surface area contributed by atoms with Crippen molar-refractivity contribution < 1.29 is 0 Å². The van der Waals surface area contributed by atoms with E-state index in [1.165, 1.54) is 0 Å². The molecule has 1 heterocycles. The van der Waals surface area contributed by atoms with Crippen molar-refractivity contribution in [1.82, 2.24) is 4.98 Å². The van der Waals surface area contributed by atoms with E-state index in [-0.39, 0.29) is 0 Å². The number of aromatic nitrogens is 1. The Morgan fingerprint density at radius 3 is 2.78 bits per heavy atom. The standard InChI is InChI=1S/C14H11ClN2S/c1-8-2-3-9(6-11(8)15)14-17-12-5-4-10(16)7-13(12)18-14/h2-7H,16H2,1H3. The third-order valence-corrected chi connectivity index (χ3v) is 4.31. The predicted molar refractivity (Wildman–Crippen MR) is 79.2 cm³/mol. The van der Waals surface area contributed by atoms with Crippen LogP contribution in [0.25, 0.3) is 20.8 Å². The third kappa shape index (κ3) is 1.96. The van der Waals surface area contributed by atoms with E-state index < -0.39 is 0 Å². The first-order chi connectivity index (χ1) is 8.63. The predicted octanol–water partition coefficient (Wildman–Crippen LogP) is 4.51. The summed E-state index contributed by atoms with van der Waals surface area (Å²) in [4.78, 5) is 4.60. The number of halogens is 1. The van der Waals surface area contributed by atoms with Crippen molar-refractivity contribution >= 4 is 38.8 Å². The summed E-state index contributed by atoms with van der Waals surface area (Å²) < 4.78 is 1.10. The van der Waals surface area contributed by atoms with E-state index in [1.54, 1.807) is 11.3 Å². The van der Waals surface area contributed by atoms with Gasteiger partial charge in [-0.25, -0.2) is 4.98 Å². The highest BCUT2D eigenvalue weighted by Gasteiger charge is 2.07. The number of thiazole rings is 1. The number of hydrogen-bond donors (Lipinski definition) is 1. The van der Waals surface area contributed by atoms with Crippen LogP contribution >= 0.6 is 22.9 Å². The number of nitrogens with zero attached hydrogens (tertiary/aromatic N) is 1. The quantitative estimate of drug-likeness (QED) is 0.663. The van der Waals surface area contributed by atoms with Crippen molar-refractivity contribution in [2.24, 2.45) is 0 Å². The van der Waals surface area contributed by atoms with Crippen LogP contribution in [0.4, 0.5) is 5.69 Å². The molecule has 2 N–H and O–H groups in total. The Morgan fingerprint density at radius 1 is 1.17 bits per heavy atom. The molecule has 0 unspecified atom stereocenters. The van der Waals surface area contributed by atoms with Crippen molar-refractivity contribution in [1.29, 1.82) is 0 Å². The van der Waals surface area contributed by atoms with Crippen LogP contribution in [0.2, 0.25) is 5.02 Å². The summed E-state index contributed by atoms with van der Waals surface area (Å²) in [6.45, 7) is 1.99. The molecular weight excluding hydrogens is 264 g/mol. The van der Waals surface area contributed by atoms with E-state index in [0.29, 0.717) is 0 Å². The van der Waals surface area contributed by atoms with Crippen molar-refractivity contribution in [3.8, 4) is 10.6 Å². The number of nitrogen functional groups attached to an aromatic ring is 1. The molecule has 0 saturated heterocycles. The van der Waals surface area contributed by atoms with Gasteiger partial charge in [0.15, 0.2) is 0 Å². The van der Waals surface area contributed by atoms with Gasteiger partial charge in [-0.05, 0) is 36.8 Å². The molecule has 3 aromatic rings. The largest absolute Gasteiger partial charge is 0.399 e. The Morgan fingerprint density at radius 2 is 2.00 bits per heavy atom. The molecule has 0 atom stereocenters. The second-order valence-electron chi connectivity index (χ2n) is 4.21. The molecule has 1 aromatic heterocycles. The first kappa shape index (κ1) is 11.5. The Hall–Kier alpha value is -1.58. The van der Waals surface area contributed by atoms with Crippen LogP contribution in [0.5, 0.6) is 0 Å². The molecule has 3 rings (SSSR count). The van der Waals surface area contributed by atoms with Crippen molar-refractivity contribution in [2.45, 2.75) is 6.92 Å². The summed E-state index contributed by atoms with van der Waals surface area (Å²) in [5.41, 5.74) is 9.63. The Balaban J connectivity index is 2.16. The Kier molecular flexibility index (Phi) is 2.73. The zero-order chi connectivity index (χ0) is 12.7. The highest BCUT2D eigenvalue weighted by molar-refractivity contribution is 7.21. The minimum atomic E-state index is 0.764. The molecule has 0 fully saturated rings. The summed E-state index contributed by atoms with van der Waals surface area (Å²) in [6.07, 6.45) is 0. The van der Waals surface area contributed by atoms with Gasteiger partial charge in [-0.2, -0.15) is 0 Å². The van der Waals surface area contributed by atoms with Crippen LogP contribution in [0.15, 0.2) is 36.4 Å². The fourth-order valence-electron chi connectivity index (χ4n) is 1.79. The summed E-state index contributed by atoms with van der Waals surface area (Å²) in [7, 11) is 0. The number of rotatable bonds is 1. The topological polar surface area (TPSA) is 38.9 Å². The van der Waals surface area contributed by atoms with E-state index in [4.69, 9.17) is 17.3 Å². The van der Waals surface area contributed by atoms with E-state index in [9.17, 15) is 0 Å². The van der Waals surface area contributed by atoms with Crippen LogP contribution < -0.4 is 5.73 Å². The lowest BCUT2D eigenvalue weighted by Gasteiger charge is -1.99. The second kappa shape index (κ2) is 4.26. The lowest BCUT2D eigenvalue weighted by atomic mass is 10.1. The van der Waals surface area contributed by atoms with E-state index >= 15 is 0 Å². The van der Waals surface area contributed by atoms with Gasteiger partial charge in [0.05, 0.1) is 10.2 Å². The SMILES string of the molecule is Cc1ccc(-c2nc3ccc(N)cc3s2)cc1Cl. The highest BCUT2D eigenvalue weighted by Crippen LogP contribution is 2.32. The average Bonchev–Trinajstić information content (AvgIpc) is 2.75. The Labute approximate surface area is 114 Å². The van der Waals surface area contributed by atoms with Gasteiger partial charge < -0.3 is 5.73 Å². The number of aryl methyl sites for hydroxylation is 1. The van der Waals surface area contributed by atoms with Crippen molar-refractivity contribution in [3.05, 3.63) is 47.0 Å².